The fraction of sp³-hybridized carbons (Fsp3) is 0.526. The molecule has 0 aromatic carbocycles. The van der Waals surface area contributed by atoms with E-state index in [9.17, 15) is 9.59 Å². The average molecular weight is 356 g/mol. The van der Waals surface area contributed by atoms with Gasteiger partial charge in [-0.3, -0.25) is 14.0 Å². The molecule has 3 heterocycles. The number of aromatic nitrogens is 3. The highest BCUT2D eigenvalue weighted by molar-refractivity contribution is 5.83. The minimum absolute atomic E-state index is 0.115. The third-order valence-electron chi connectivity index (χ3n) is 5.33. The smallest absolute Gasteiger partial charge is 0.291 e. The number of hydrogen-bond acceptors (Lipinski definition) is 4. The molecule has 1 fully saturated rings. The van der Waals surface area contributed by atoms with E-state index in [2.05, 4.69) is 10.4 Å². The van der Waals surface area contributed by atoms with Crippen LogP contribution in [0.2, 0.25) is 0 Å². The van der Waals surface area contributed by atoms with E-state index in [4.69, 9.17) is 4.42 Å². The number of fused-ring (bicyclic) bond motifs is 3. The van der Waals surface area contributed by atoms with Crippen LogP contribution in [0, 0.1) is 0 Å². The summed E-state index contributed by atoms with van der Waals surface area (Å²) in [6, 6.07) is 3.19. The summed E-state index contributed by atoms with van der Waals surface area (Å²) >= 11 is 0. The number of amides is 1. The van der Waals surface area contributed by atoms with Crippen LogP contribution in [0.5, 0.6) is 0 Å². The molecular weight excluding hydrogens is 332 g/mol. The van der Waals surface area contributed by atoms with E-state index in [1.54, 1.807) is 12.3 Å². The van der Waals surface area contributed by atoms with Crippen LogP contribution in [0.4, 0.5) is 0 Å². The van der Waals surface area contributed by atoms with E-state index < -0.39 is 6.04 Å². The van der Waals surface area contributed by atoms with Gasteiger partial charge in [-0.15, -0.1) is 0 Å². The molecule has 3 aromatic heterocycles. The van der Waals surface area contributed by atoms with Gasteiger partial charge in [0.2, 0.25) is 5.91 Å². The zero-order valence-electron chi connectivity index (χ0n) is 15.2. The topological polar surface area (TPSA) is 81.5 Å². The second kappa shape index (κ2) is 6.63. The fourth-order valence-electron chi connectivity index (χ4n) is 3.97. The van der Waals surface area contributed by atoms with E-state index in [0.29, 0.717) is 23.9 Å². The Morgan fingerprint density at radius 3 is 2.81 bits per heavy atom. The van der Waals surface area contributed by atoms with Gasteiger partial charge in [0.1, 0.15) is 17.4 Å². The van der Waals surface area contributed by atoms with E-state index >= 15 is 0 Å². The highest BCUT2D eigenvalue weighted by atomic mass is 16.3. The number of rotatable bonds is 5. The number of carbonyl (C=O) groups is 1. The first-order valence-electron chi connectivity index (χ1n) is 9.44. The van der Waals surface area contributed by atoms with Crippen LogP contribution in [0.15, 0.2) is 27.6 Å². The van der Waals surface area contributed by atoms with Crippen molar-refractivity contribution in [3.8, 4) is 0 Å². The first-order chi connectivity index (χ1) is 12.6. The van der Waals surface area contributed by atoms with Crippen molar-refractivity contribution >= 4 is 22.5 Å². The lowest BCUT2D eigenvalue weighted by atomic mass is 10.1. The van der Waals surface area contributed by atoms with Crippen LogP contribution in [0.25, 0.3) is 16.6 Å². The quantitative estimate of drug-likeness (QED) is 0.762. The molecule has 0 aliphatic heterocycles. The molecule has 1 saturated carbocycles. The lowest BCUT2D eigenvalue weighted by Gasteiger charge is -2.20. The van der Waals surface area contributed by atoms with E-state index in [1.165, 1.54) is 4.68 Å². The number of nitrogens with one attached hydrogen (secondary N) is 1. The molecule has 0 bridgehead atoms. The molecular formula is C19H24N4O3. The molecule has 3 aromatic rings. The normalized spacial score (nSPS) is 16.5. The minimum Gasteiger partial charge on any atom is -0.463 e. The second-order valence-electron chi connectivity index (χ2n) is 6.97. The molecule has 1 unspecified atom stereocenters. The van der Waals surface area contributed by atoms with Gasteiger partial charge in [0.05, 0.1) is 11.8 Å². The Bertz CT molecular complexity index is 1010. The number of furan rings is 1. The number of aryl methyl sites for hydroxylation is 1. The highest BCUT2D eigenvalue weighted by Gasteiger charge is 2.27. The number of carbonyl (C=O) groups excluding carboxylic acids is 1. The SMILES string of the molecule is CCc1nn(C(CC)C(=O)NC2CCCC2)c(=O)c2cc3occc3n12. The van der Waals surface area contributed by atoms with Gasteiger partial charge in [0.15, 0.2) is 5.58 Å². The minimum atomic E-state index is -0.598. The Morgan fingerprint density at radius 2 is 2.12 bits per heavy atom. The molecule has 1 N–H and O–H groups in total. The van der Waals surface area contributed by atoms with Crippen molar-refractivity contribution in [2.75, 3.05) is 0 Å². The van der Waals surface area contributed by atoms with Crippen molar-refractivity contribution in [3.05, 3.63) is 34.6 Å². The lowest BCUT2D eigenvalue weighted by molar-refractivity contribution is -0.125. The summed E-state index contributed by atoms with van der Waals surface area (Å²) in [6.07, 6.45) is 7.09. The van der Waals surface area contributed by atoms with Crippen LogP contribution in [-0.2, 0) is 11.2 Å². The Kier molecular flexibility index (Phi) is 4.30. The number of nitrogens with zero attached hydrogens (tertiary/aromatic N) is 3. The molecule has 7 heteroatoms. The summed E-state index contributed by atoms with van der Waals surface area (Å²) in [7, 11) is 0. The summed E-state index contributed by atoms with van der Waals surface area (Å²) < 4.78 is 8.64. The molecule has 0 spiro atoms. The van der Waals surface area contributed by atoms with Crippen molar-refractivity contribution in [2.45, 2.75) is 64.5 Å². The zero-order chi connectivity index (χ0) is 18.3. The molecule has 1 aliphatic carbocycles. The Labute approximate surface area is 151 Å². The maximum Gasteiger partial charge on any atom is 0.291 e. The van der Waals surface area contributed by atoms with Gasteiger partial charge in [-0.05, 0) is 19.3 Å². The predicted molar refractivity (Wildman–Crippen MR) is 98.3 cm³/mol. The summed E-state index contributed by atoms with van der Waals surface area (Å²) in [5, 5.41) is 7.65. The van der Waals surface area contributed by atoms with Crippen LogP contribution < -0.4 is 10.9 Å². The number of hydrogen-bond donors (Lipinski definition) is 1. The molecule has 7 nitrogen and oxygen atoms in total. The molecule has 4 rings (SSSR count). The maximum atomic E-state index is 13.1. The zero-order valence-corrected chi connectivity index (χ0v) is 15.2. The van der Waals surface area contributed by atoms with Crippen LogP contribution in [0.1, 0.15) is 57.8 Å². The van der Waals surface area contributed by atoms with Gasteiger partial charge in [-0.25, -0.2) is 4.68 Å². The third-order valence-corrected chi connectivity index (χ3v) is 5.33. The molecule has 1 aliphatic rings. The van der Waals surface area contributed by atoms with Crippen molar-refractivity contribution < 1.29 is 9.21 Å². The van der Waals surface area contributed by atoms with Gasteiger partial charge < -0.3 is 9.73 Å². The van der Waals surface area contributed by atoms with Crippen LogP contribution in [-0.4, -0.2) is 26.1 Å². The van der Waals surface area contributed by atoms with E-state index in [0.717, 1.165) is 37.0 Å². The lowest BCUT2D eigenvalue weighted by Crippen LogP contribution is -2.42. The average Bonchev–Trinajstić information content (AvgIpc) is 3.34. The molecule has 1 atom stereocenters. The van der Waals surface area contributed by atoms with Crippen molar-refractivity contribution in [1.29, 1.82) is 0 Å². The van der Waals surface area contributed by atoms with E-state index in [-0.39, 0.29) is 17.5 Å². The standard InChI is InChI=1S/C19H24N4O3/c1-3-13(18(24)20-12-7-5-6-8-12)23-19(25)15-11-16-14(9-10-26-16)22(15)17(4-2)21-23/h9-13H,3-8H2,1-2H3,(H,20,24). The van der Waals surface area contributed by atoms with Crippen molar-refractivity contribution in [3.63, 3.8) is 0 Å². The Balaban J connectivity index is 1.80. The van der Waals surface area contributed by atoms with Gasteiger partial charge in [0.25, 0.3) is 5.56 Å². The molecule has 138 valence electrons. The van der Waals surface area contributed by atoms with E-state index in [1.807, 2.05) is 24.3 Å². The third kappa shape index (κ3) is 2.62. The monoisotopic (exact) mass is 356 g/mol. The largest absolute Gasteiger partial charge is 0.463 e. The first-order valence-corrected chi connectivity index (χ1v) is 9.44. The highest BCUT2D eigenvalue weighted by Crippen LogP contribution is 2.22. The summed E-state index contributed by atoms with van der Waals surface area (Å²) in [5.74, 6) is 0.624. The molecule has 0 radical (unpaired) electrons. The van der Waals surface area contributed by atoms with Gasteiger partial charge in [-0.2, -0.15) is 5.10 Å². The summed E-state index contributed by atoms with van der Waals surface area (Å²) in [6.45, 7) is 3.90. The molecule has 1 amide bonds. The predicted octanol–water partition coefficient (Wildman–Crippen LogP) is 2.81. The van der Waals surface area contributed by atoms with Crippen LogP contribution in [0.3, 0.4) is 0 Å². The van der Waals surface area contributed by atoms with Crippen molar-refractivity contribution in [2.24, 2.45) is 0 Å². The van der Waals surface area contributed by atoms with Crippen LogP contribution >= 0.6 is 0 Å². The Hall–Kier alpha value is -2.57. The molecule has 26 heavy (non-hydrogen) atoms. The summed E-state index contributed by atoms with van der Waals surface area (Å²) in [4.78, 5) is 25.9. The maximum absolute atomic E-state index is 13.1. The second-order valence-corrected chi connectivity index (χ2v) is 6.97. The first kappa shape index (κ1) is 16.9. The van der Waals surface area contributed by atoms with Crippen molar-refractivity contribution in [1.82, 2.24) is 19.5 Å². The van der Waals surface area contributed by atoms with Gasteiger partial charge >= 0.3 is 0 Å². The van der Waals surface area contributed by atoms with Gasteiger partial charge in [0, 0.05) is 24.6 Å². The fourth-order valence-corrected chi connectivity index (χ4v) is 3.97. The Morgan fingerprint density at radius 1 is 1.35 bits per heavy atom. The van der Waals surface area contributed by atoms with Gasteiger partial charge in [-0.1, -0.05) is 26.7 Å². The molecule has 0 saturated heterocycles. The summed E-state index contributed by atoms with van der Waals surface area (Å²) in [5.41, 5.74) is 1.72.